The van der Waals surface area contributed by atoms with Crippen LogP contribution in [0.15, 0.2) is 54.8 Å². The van der Waals surface area contributed by atoms with Crippen molar-refractivity contribution >= 4 is 0 Å². The monoisotopic (exact) mass is 322 g/mol. The lowest BCUT2D eigenvalue weighted by atomic mass is 10.0. The fourth-order valence-electron chi connectivity index (χ4n) is 1.97. The summed E-state index contributed by atoms with van der Waals surface area (Å²) in [5.41, 5.74) is -0.203. The minimum atomic E-state index is -4.50. The Bertz CT molecular complexity index is 655. The van der Waals surface area contributed by atoms with Crippen molar-refractivity contribution in [3.8, 4) is 6.07 Å². The summed E-state index contributed by atoms with van der Waals surface area (Å²) in [7, 11) is 0. The van der Waals surface area contributed by atoms with Crippen LogP contribution in [0.3, 0.4) is 0 Å². The van der Waals surface area contributed by atoms with E-state index in [1.165, 1.54) is 18.2 Å². The summed E-state index contributed by atoms with van der Waals surface area (Å²) in [5, 5.41) is 21.0. The molecule has 0 aromatic heterocycles. The Morgan fingerprint density at radius 1 is 1.39 bits per heavy atom. The number of hydrogen-bond acceptors (Lipinski definition) is 3. The number of nitriles is 1. The van der Waals surface area contributed by atoms with Crippen molar-refractivity contribution in [2.24, 2.45) is 0 Å². The minimum absolute atomic E-state index is 0.0261. The number of nitrogens with zero attached hydrogens (tertiary/aromatic N) is 1. The Labute approximate surface area is 133 Å². The molecule has 0 aliphatic heterocycles. The Hall–Kier alpha value is -2.52. The van der Waals surface area contributed by atoms with Gasteiger partial charge in [0.05, 0.1) is 17.2 Å². The zero-order chi connectivity index (χ0) is 17.5. The predicted octanol–water partition coefficient (Wildman–Crippen LogP) is 3.89. The molecule has 122 valence electrons. The fraction of sp³-hybridized carbons (Fsp3) is 0.235. The molecule has 3 nitrogen and oxygen atoms in total. The van der Waals surface area contributed by atoms with Crippen LogP contribution in [0, 0.1) is 11.3 Å². The number of aliphatic hydroxyl groups excluding tert-OH is 1. The summed E-state index contributed by atoms with van der Waals surface area (Å²) < 4.78 is 39.0. The van der Waals surface area contributed by atoms with Gasteiger partial charge in [0, 0.05) is 12.1 Å². The first kappa shape index (κ1) is 18.5. The highest BCUT2D eigenvalue weighted by Crippen LogP contribution is 2.32. The van der Waals surface area contributed by atoms with Crippen molar-refractivity contribution < 1.29 is 18.3 Å². The maximum Gasteiger partial charge on any atom is 0.416 e. The first-order chi connectivity index (χ1) is 10.8. The van der Waals surface area contributed by atoms with E-state index in [2.05, 4.69) is 18.5 Å². The van der Waals surface area contributed by atoms with E-state index >= 15 is 0 Å². The molecule has 0 aliphatic rings. The van der Waals surface area contributed by atoms with Crippen LogP contribution in [0.4, 0.5) is 13.2 Å². The van der Waals surface area contributed by atoms with Gasteiger partial charge in [-0.3, -0.25) is 0 Å². The van der Waals surface area contributed by atoms with E-state index < -0.39 is 11.7 Å². The van der Waals surface area contributed by atoms with Crippen molar-refractivity contribution in [3.63, 3.8) is 0 Å². The molecule has 0 unspecified atom stereocenters. The Balaban J connectivity index is 2.75. The average molecular weight is 322 g/mol. The van der Waals surface area contributed by atoms with Crippen LogP contribution >= 0.6 is 0 Å². The van der Waals surface area contributed by atoms with Gasteiger partial charge in [0.25, 0.3) is 0 Å². The molecule has 0 saturated heterocycles. The summed E-state index contributed by atoms with van der Waals surface area (Å²) >= 11 is 0. The number of halogens is 3. The average Bonchev–Trinajstić information content (AvgIpc) is 2.49. The largest absolute Gasteiger partial charge is 0.508 e. The molecular formula is C17H17F3N2O. The van der Waals surface area contributed by atoms with E-state index in [9.17, 15) is 18.3 Å². The number of hydrogen-bond donors (Lipinski definition) is 2. The van der Waals surface area contributed by atoms with Crippen molar-refractivity contribution in [2.75, 3.05) is 13.1 Å². The highest BCUT2D eigenvalue weighted by atomic mass is 19.4. The van der Waals surface area contributed by atoms with E-state index in [0.717, 1.165) is 6.07 Å². The highest BCUT2D eigenvalue weighted by Gasteiger charge is 2.33. The number of aliphatic hydroxyl groups is 1. The Morgan fingerprint density at radius 2 is 2.09 bits per heavy atom. The van der Waals surface area contributed by atoms with Crippen LogP contribution in [0.5, 0.6) is 0 Å². The number of nitrogens with one attached hydrogen (secondary N) is 1. The molecule has 0 aliphatic carbocycles. The summed E-state index contributed by atoms with van der Waals surface area (Å²) in [6.45, 7) is 7.44. The molecule has 0 heterocycles. The Kier molecular flexibility index (Phi) is 6.61. The molecule has 1 aromatic rings. The SMILES string of the molecule is C=C/C=C(/CNCCc1ccc(C#N)cc1C(F)(F)F)C(=C)O. The van der Waals surface area contributed by atoms with Crippen LogP contribution in [-0.2, 0) is 12.6 Å². The van der Waals surface area contributed by atoms with E-state index in [1.807, 2.05) is 0 Å². The zero-order valence-electron chi connectivity index (χ0n) is 12.5. The lowest BCUT2D eigenvalue weighted by Gasteiger charge is -2.14. The Morgan fingerprint density at radius 3 is 2.61 bits per heavy atom. The number of alkyl halides is 3. The molecule has 0 saturated carbocycles. The summed E-state index contributed by atoms with van der Waals surface area (Å²) in [4.78, 5) is 0. The molecule has 0 bridgehead atoms. The third kappa shape index (κ3) is 5.64. The van der Waals surface area contributed by atoms with Gasteiger partial charge >= 0.3 is 6.18 Å². The first-order valence-corrected chi connectivity index (χ1v) is 6.80. The number of benzene rings is 1. The van der Waals surface area contributed by atoms with Gasteiger partial charge in [-0.25, -0.2) is 0 Å². The maximum atomic E-state index is 13.0. The van der Waals surface area contributed by atoms with Gasteiger partial charge < -0.3 is 10.4 Å². The molecular weight excluding hydrogens is 305 g/mol. The van der Waals surface area contributed by atoms with Gasteiger partial charge in [-0.2, -0.15) is 18.4 Å². The molecule has 6 heteroatoms. The van der Waals surface area contributed by atoms with E-state index in [4.69, 9.17) is 5.26 Å². The highest BCUT2D eigenvalue weighted by molar-refractivity contribution is 5.40. The van der Waals surface area contributed by atoms with Crippen LogP contribution in [0.25, 0.3) is 0 Å². The van der Waals surface area contributed by atoms with Crippen molar-refractivity contribution in [3.05, 3.63) is 71.5 Å². The summed E-state index contributed by atoms with van der Waals surface area (Å²) in [6.07, 6.45) is -1.31. The molecule has 0 fully saturated rings. The van der Waals surface area contributed by atoms with E-state index in [-0.39, 0.29) is 36.4 Å². The molecule has 1 aromatic carbocycles. The smallest absolute Gasteiger partial charge is 0.416 e. The minimum Gasteiger partial charge on any atom is -0.508 e. The van der Waals surface area contributed by atoms with Crippen LogP contribution in [0.1, 0.15) is 16.7 Å². The molecule has 0 atom stereocenters. The summed E-state index contributed by atoms with van der Waals surface area (Å²) in [5.74, 6) is -0.119. The molecule has 2 N–H and O–H groups in total. The number of rotatable bonds is 7. The maximum absolute atomic E-state index is 13.0. The topological polar surface area (TPSA) is 56.0 Å². The molecule has 23 heavy (non-hydrogen) atoms. The standard InChI is InChI=1S/C17H17F3N2O/c1-3-4-15(12(2)23)11-22-8-7-14-6-5-13(10-21)9-16(14)17(18,19)20/h3-6,9,22-23H,1-2,7-8,11H2/b15-4-. The lowest BCUT2D eigenvalue weighted by Crippen LogP contribution is -2.22. The second-order valence-electron chi connectivity index (χ2n) is 4.78. The van der Waals surface area contributed by atoms with E-state index in [1.54, 1.807) is 12.1 Å². The molecule has 0 amide bonds. The summed E-state index contributed by atoms with van der Waals surface area (Å²) in [6, 6.07) is 5.24. The van der Waals surface area contributed by atoms with E-state index in [0.29, 0.717) is 5.57 Å². The third-order valence-corrected chi connectivity index (χ3v) is 3.12. The predicted molar refractivity (Wildman–Crippen MR) is 82.8 cm³/mol. The zero-order valence-corrected chi connectivity index (χ0v) is 12.5. The second kappa shape index (κ2) is 8.20. The molecule has 0 spiro atoms. The van der Waals surface area contributed by atoms with Gasteiger partial charge in [0.1, 0.15) is 5.76 Å². The fourth-order valence-corrected chi connectivity index (χ4v) is 1.97. The second-order valence-corrected chi connectivity index (χ2v) is 4.78. The van der Waals surface area contributed by atoms with Gasteiger partial charge in [-0.05, 0) is 30.7 Å². The van der Waals surface area contributed by atoms with Crippen LogP contribution in [0.2, 0.25) is 0 Å². The first-order valence-electron chi connectivity index (χ1n) is 6.80. The normalized spacial score (nSPS) is 11.8. The molecule has 1 rings (SSSR count). The van der Waals surface area contributed by atoms with Gasteiger partial charge in [0.15, 0.2) is 0 Å². The lowest BCUT2D eigenvalue weighted by molar-refractivity contribution is -0.138. The number of allylic oxidation sites excluding steroid dienone is 2. The van der Waals surface area contributed by atoms with Gasteiger partial charge in [0.2, 0.25) is 0 Å². The van der Waals surface area contributed by atoms with Gasteiger partial charge in [-0.1, -0.05) is 31.4 Å². The molecule has 0 radical (unpaired) electrons. The van der Waals surface area contributed by atoms with Crippen LogP contribution < -0.4 is 5.32 Å². The van der Waals surface area contributed by atoms with Crippen molar-refractivity contribution in [1.82, 2.24) is 5.32 Å². The van der Waals surface area contributed by atoms with Crippen molar-refractivity contribution in [2.45, 2.75) is 12.6 Å². The third-order valence-electron chi connectivity index (χ3n) is 3.12. The van der Waals surface area contributed by atoms with Crippen LogP contribution in [-0.4, -0.2) is 18.2 Å². The van der Waals surface area contributed by atoms with Crippen molar-refractivity contribution in [1.29, 1.82) is 5.26 Å². The quantitative estimate of drug-likeness (QED) is 0.455. The van der Waals surface area contributed by atoms with Gasteiger partial charge in [-0.15, -0.1) is 0 Å².